The molecule has 0 saturated carbocycles. The van der Waals surface area contributed by atoms with E-state index >= 15 is 0 Å². The van der Waals surface area contributed by atoms with E-state index in [4.69, 9.17) is 9.47 Å². The summed E-state index contributed by atoms with van der Waals surface area (Å²) in [6, 6.07) is 14.9. The van der Waals surface area contributed by atoms with Crippen LogP contribution in [0.2, 0.25) is 0 Å². The maximum atomic E-state index is 12.6. The first-order valence-corrected chi connectivity index (χ1v) is 9.44. The molecule has 0 atom stereocenters. The third-order valence-corrected chi connectivity index (χ3v) is 5.02. The van der Waals surface area contributed by atoms with Crippen molar-refractivity contribution in [2.24, 2.45) is 0 Å². The van der Waals surface area contributed by atoms with Gasteiger partial charge in [-0.2, -0.15) is 0 Å². The van der Waals surface area contributed by atoms with E-state index in [2.05, 4.69) is 0 Å². The van der Waals surface area contributed by atoms with Crippen molar-refractivity contribution in [1.82, 2.24) is 9.80 Å². The number of amides is 2. The molecule has 2 amide bonds. The quantitative estimate of drug-likeness (QED) is 0.771. The molecule has 1 aliphatic heterocycles. The second kappa shape index (κ2) is 9.26. The van der Waals surface area contributed by atoms with Crippen LogP contribution in [0.5, 0.6) is 11.5 Å². The molecule has 0 radical (unpaired) electrons. The fourth-order valence-corrected chi connectivity index (χ4v) is 3.31. The molecule has 6 heteroatoms. The highest BCUT2D eigenvalue weighted by atomic mass is 16.5. The van der Waals surface area contributed by atoms with Crippen LogP contribution in [0.4, 0.5) is 0 Å². The predicted octanol–water partition coefficient (Wildman–Crippen LogP) is 2.62. The van der Waals surface area contributed by atoms with Crippen LogP contribution in [0.15, 0.2) is 48.5 Å². The lowest BCUT2D eigenvalue weighted by Crippen LogP contribution is -2.50. The summed E-state index contributed by atoms with van der Waals surface area (Å²) in [4.78, 5) is 28.8. The molecule has 0 N–H and O–H groups in total. The van der Waals surface area contributed by atoms with E-state index in [-0.39, 0.29) is 11.8 Å². The lowest BCUT2D eigenvalue weighted by molar-refractivity contribution is -0.132. The molecular weight excluding hydrogens is 356 g/mol. The zero-order valence-electron chi connectivity index (χ0n) is 16.4. The highest BCUT2D eigenvalue weighted by molar-refractivity contribution is 5.94. The van der Waals surface area contributed by atoms with Crippen LogP contribution in [-0.2, 0) is 11.2 Å². The smallest absolute Gasteiger partial charge is 0.253 e. The lowest BCUT2D eigenvalue weighted by Gasteiger charge is -2.35. The number of hydrogen-bond acceptors (Lipinski definition) is 4. The summed E-state index contributed by atoms with van der Waals surface area (Å²) in [6.07, 6.45) is 1.14. The Morgan fingerprint density at radius 3 is 2.14 bits per heavy atom. The van der Waals surface area contributed by atoms with Gasteiger partial charge in [-0.05, 0) is 48.4 Å². The SMILES string of the molecule is COc1ccc(C(=O)N2CCN(C(=O)CCc3cccc(OC)c3)CC2)cc1. The van der Waals surface area contributed by atoms with Crippen molar-refractivity contribution >= 4 is 11.8 Å². The van der Waals surface area contributed by atoms with Crippen molar-refractivity contribution in [3.63, 3.8) is 0 Å². The van der Waals surface area contributed by atoms with Crippen LogP contribution < -0.4 is 9.47 Å². The van der Waals surface area contributed by atoms with E-state index in [0.29, 0.717) is 44.6 Å². The van der Waals surface area contributed by atoms with Gasteiger partial charge in [0.25, 0.3) is 5.91 Å². The molecule has 3 rings (SSSR count). The first kappa shape index (κ1) is 19.7. The molecule has 6 nitrogen and oxygen atoms in total. The molecule has 1 heterocycles. The van der Waals surface area contributed by atoms with Crippen molar-refractivity contribution in [3.8, 4) is 11.5 Å². The van der Waals surface area contributed by atoms with Gasteiger partial charge in [-0.1, -0.05) is 12.1 Å². The number of rotatable bonds is 6. The largest absolute Gasteiger partial charge is 0.497 e. The third-order valence-electron chi connectivity index (χ3n) is 5.02. The van der Waals surface area contributed by atoms with Gasteiger partial charge >= 0.3 is 0 Å². The highest BCUT2D eigenvalue weighted by Crippen LogP contribution is 2.16. The van der Waals surface area contributed by atoms with Crippen LogP contribution in [0.3, 0.4) is 0 Å². The Morgan fingerprint density at radius 1 is 0.857 bits per heavy atom. The Hall–Kier alpha value is -3.02. The number of ether oxygens (including phenoxy) is 2. The zero-order valence-corrected chi connectivity index (χ0v) is 16.4. The van der Waals surface area contributed by atoms with E-state index in [1.807, 2.05) is 29.2 Å². The molecule has 0 unspecified atom stereocenters. The van der Waals surface area contributed by atoms with Crippen molar-refractivity contribution < 1.29 is 19.1 Å². The standard InChI is InChI=1S/C22H26N2O4/c1-27-19-9-7-18(8-10-19)22(26)24-14-12-23(13-15-24)21(25)11-6-17-4-3-5-20(16-17)28-2/h3-5,7-10,16H,6,11-15H2,1-2H3. The van der Waals surface area contributed by atoms with Crippen molar-refractivity contribution in [3.05, 3.63) is 59.7 Å². The number of carbonyl (C=O) groups is 2. The number of piperazine rings is 1. The van der Waals surface area contributed by atoms with Crippen LogP contribution in [-0.4, -0.2) is 62.0 Å². The highest BCUT2D eigenvalue weighted by Gasteiger charge is 2.24. The van der Waals surface area contributed by atoms with E-state index in [9.17, 15) is 9.59 Å². The molecular formula is C22H26N2O4. The fourth-order valence-electron chi connectivity index (χ4n) is 3.31. The fraction of sp³-hybridized carbons (Fsp3) is 0.364. The Kier molecular flexibility index (Phi) is 6.53. The number of benzene rings is 2. The van der Waals surface area contributed by atoms with E-state index in [0.717, 1.165) is 17.1 Å². The molecule has 2 aromatic rings. The summed E-state index contributed by atoms with van der Waals surface area (Å²) in [5, 5.41) is 0. The molecule has 0 spiro atoms. The van der Waals surface area contributed by atoms with Gasteiger partial charge in [-0.15, -0.1) is 0 Å². The van der Waals surface area contributed by atoms with E-state index in [1.165, 1.54) is 0 Å². The van der Waals surface area contributed by atoms with Gasteiger partial charge in [0.2, 0.25) is 5.91 Å². The summed E-state index contributed by atoms with van der Waals surface area (Å²) in [5.74, 6) is 1.64. The molecule has 0 aliphatic carbocycles. The van der Waals surface area contributed by atoms with Gasteiger partial charge in [0.1, 0.15) is 11.5 Å². The monoisotopic (exact) mass is 382 g/mol. The van der Waals surface area contributed by atoms with Crippen LogP contribution >= 0.6 is 0 Å². The van der Waals surface area contributed by atoms with Crippen LogP contribution in [0.1, 0.15) is 22.3 Å². The molecule has 28 heavy (non-hydrogen) atoms. The van der Waals surface area contributed by atoms with Gasteiger partial charge < -0.3 is 19.3 Å². The maximum absolute atomic E-state index is 12.6. The summed E-state index contributed by atoms with van der Waals surface area (Å²) in [7, 11) is 3.23. The predicted molar refractivity (Wildman–Crippen MR) is 107 cm³/mol. The Bertz CT molecular complexity index is 812. The van der Waals surface area contributed by atoms with Crippen LogP contribution in [0, 0.1) is 0 Å². The number of aryl methyl sites for hydroxylation is 1. The average Bonchev–Trinajstić information content (AvgIpc) is 2.77. The van der Waals surface area contributed by atoms with Gasteiger partial charge in [0.15, 0.2) is 0 Å². The molecule has 0 aromatic heterocycles. The first-order chi connectivity index (χ1) is 13.6. The Morgan fingerprint density at radius 2 is 1.50 bits per heavy atom. The second-order valence-electron chi connectivity index (χ2n) is 6.75. The van der Waals surface area contributed by atoms with Gasteiger partial charge in [0, 0.05) is 38.2 Å². The molecule has 1 aliphatic rings. The zero-order chi connectivity index (χ0) is 19.9. The van der Waals surface area contributed by atoms with Crippen molar-refractivity contribution in [1.29, 1.82) is 0 Å². The Labute approximate surface area is 165 Å². The second-order valence-corrected chi connectivity index (χ2v) is 6.75. The minimum absolute atomic E-state index is 0.00821. The number of hydrogen-bond donors (Lipinski definition) is 0. The van der Waals surface area contributed by atoms with Gasteiger partial charge in [-0.3, -0.25) is 9.59 Å². The normalized spacial score (nSPS) is 13.9. The van der Waals surface area contributed by atoms with E-state index in [1.54, 1.807) is 43.4 Å². The molecule has 0 bridgehead atoms. The summed E-state index contributed by atoms with van der Waals surface area (Å²) in [5.41, 5.74) is 1.72. The van der Waals surface area contributed by atoms with Crippen molar-refractivity contribution in [2.45, 2.75) is 12.8 Å². The summed E-state index contributed by atoms with van der Waals surface area (Å²) < 4.78 is 10.3. The number of carbonyl (C=O) groups excluding carboxylic acids is 2. The molecule has 2 aromatic carbocycles. The summed E-state index contributed by atoms with van der Waals surface area (Å²) >= 11 is 0. The first-order valence-electron chi connectivity index (χ1n) is 9.44. The van der Waals surface area contributed by atoms with Gasteiger partial charge in [-0.25, -0.2) is 0 Å². The minimum Gasteiger partial charge on any atom is -0.497 e. The molecule has 148 valence electrons. The van der Waals surface area contributed by atoms with Gasteiger partial charge in [0.05, 0.1) is 14.2 Å². The minimum atomic E-state index is -0.00821. The topological polar surface area (TPSA) is 59.1 Å². The summed E-state index contributed by atoms with van der Waals surface area (Å²) in [6.45, 7) is 2.24. The molecule has 1 saturated heterocycles. The number of methoxy groups -OCH3 is 2. The van der Waals surface area contributed by atoms with E-state index < -0.39 is 0 Å². The number of nitrogens with zero attached hydrogens (tertiary/aromatic N) is 2. The third kappa shape index (κ3) is 4.82. The lowest BCUT2D eigenvalue weighted by atomic mass is 10.1. The average molecular weight is 382 g/mol. The van der Waals surface area contributed by atoms with Crippen molar-refractivity contribution in [2.75, 3.05) is 40.4 Å². The maximum Gasteiger partial charge on any atom is 0.253 e. The molecule has 1 fully saturated rings. The van der Waals surface area contributed by atoms with Crippen LogP contribution in [0.25, 0.3) is 0 Å². The Balaban J connectivity index is 1.48.